The number of anilines is 2. The van der Waals surface area contributed by atoms with Gasteiger partial charge in [0.1, 0.15) is 11.4 Å². The number of carbonyl (C=O) groups excluding carboxylic acids is 2. The number of alkyl halides is 3. The Labute approximate surface area is 219 Å². The van der Waals surface area contributed by atoms with Gasteiger partial charge in [0.2, 0.25) is 5.91 Å². The average molecular weight is 529 g/mol. The summed E-state index contributed by atoms with van der Waals surface area (Å²) < 4.78 is 43.4. The highest BCUT2D eigenvalue weighted by Gasteiger charge is 2.30. The highest BCUT2D eigenvalue weighted by Crippen LogP contribution is 2.29. The van der Waals surface area contributed by atoms with Gasteiger partial charge in [-0.3, -0.25) is 4.79 Å². The van der Waals surface area contributed by atoms with Gasteiger partial charge in [-0.1, -0.05) is 12.1 Å². The molecule has 7 nitrogen and oxygen atoms in total. The number of nitrogens with zero attached hydrogens (tertiary/aromatic N) is 2. The molecule has 0 bridgehead atoms. The Morgan fingerprint density at radius 1 is 1.05 bits per heavy atom. The van der Waals surface area contributed by atoms with Crippen molar-refractivity contribution in [3.8, 4) is 0 Å². The van der Waals surface area contributed by atoms with E-state index in [1.807, 2.05) is 45.0 Å². The molecule has 2 aromatic carbocycles. The van der Waals surface area contributed by atoms with E-state index in [4.69, 9.17) is 9.72 Å². The second-order valence-electron chi connectivity index (χ2n) is 10.4. The molecule has 1 atom stereocenters. The summed E-state index contributed by atoms with van der Waals surface area (Å²) in [5.74, 6) is 0.578. The third kappa shape index (κ3) is 7.36. The number of hydrogen-bond donors (Lipinski definition) is 2. The first-order chi connectivity index (χ1) is 17.9. The van der Waals surface area contributed by atoms with Crippen LogP contribution in [0, 0.1) is 0 Å². The molecule has 202 valence electrons. The van der Waals surface area contributed by atoms with Crippen LogP contribution in [0.1, 0.15) is 44.7 Å². The van der Waals surface area contributed by atoms with Crippen LogP contribution in [0.5, 0.6) is 0 Å². The summed E-state index contributed by atoms with van der Waals surface area (Å²) in [4.78, 5) is 31.3. The largest absolute Gasteiger partial charge is 0.444 e. The third-order valence-corrected chi connectivity index (χ3v) is 6.11. The van der Waals surface area contributed by atoms with Crippen molar-refractivity contribution in [2.45, 2.75) is 57.9 Å². The van der Waals surface area contributed by atoms with Crippen LogP contribution in [0.15, 0.2) is 54.6 Å². The Hall–Kier alpha value is -3.82. The number of aromatic nitrogens is 1. The van der Waals surface area contributed by atoms with E-state index in [0.29, 0.717) is 24.2 Å². The number of amides is 2. The van der Waals surface area contributed by atoms with Gasteiger partial charge in [-0.15, -0.1) is 0 Å². The number of benzene rings is 2. The minimum absolute atomic E-state index is 0.0255. The first kappa shape index (κ1) is 27.2. The lowest BCUT2D eigenvalue weighted by molar-refractivity contribution is -0.137. The molecule has 1 aliphatic rings. The zero-order valence-corrected chi connectivity index (χ0v) is 21.6. The fraction of sp³-hybridized carbons (Fsp3) is 0.393. The van der Waals surface area contributed by atoms with Gasteiger partial charge in [0.05, 0.1) is 17.1 Å². The van der Waals surface area contributed by atoms with Crippen molar-refractivity contribution >= 4 is 34.4 Å². The maximum atomic E-state index is 12.7. The van der Waals surface area contributed by atoms with Crippen molar-refractivity contribution in [2.75, 3.05) is 23.3 Å². The normalized spacial score (nSPS) is 15.9. The maximum absolute atomic E-state index is 12.7. The topological polar surface area (TPSA) is 83.6 Å². The quantitative estimate of drug-likeness (QED) is 0.415. The molecule has 1 aromatic heterocycles. The molecule has 1 fully saturated rings. The number of hydrogen-bond acceptors (Lipinski definition) is 5. The lowest BCUT2D eigenvalue weighted by Crippen LogP contribution is -2.40. The molecule has 10 heteroatoms. The van der Waals surface area contributed by atoms with Crippen LogP contribution in [-0.4, -0.2) is 41.7 Å². The predicted octanol–water partition coefficient (Wildman–Crippen LogP) is 5.93. The summed E-state index contributed by atoms with van der Waals surface area (Å²) in [7, 11) is 0. The van der Waals surface area contributed by atoms with Crippen molar-refractivity contribution < 1.29 is 27.5 Å². The first-order valence-electron chi connectivity index (χ1n) is 12.5. The van der Waals surface area contributed by atoms with Crippen LogP contribution < -0.4 is 15.5 Å². The van der Waals surface area contributed by atoms with E-state index in [2.05, 4.69) is 15.5 Å². The molecule has 2 N–H and O–H groups in total. The number of pyridine rings is 1. The van der Waals surface area contributed by atoms with E-state index in [1.165, 1.54) is 12.1 Å². The molecule has 2 amide bonds. The van der Waals surface area contributed by atoms with E-state index in [-0.39, 0.29) is 18.4 Å². The maximum Gasteiger partial charge on any atom is 0.416 e. The van der Waals surface area contributed by atoms with Crippen LogP contribution >= 0.6 is 0 Å². The highest BCUT2D eigenvalue weighted by molar-refractivity contribution is 5.94. The Kier molecular flexibility index (Phi) is 7.80. The Balaban J connectivity index is 1.31. The summed E-state index contributed by atoms with van der Waals surface area (Å²) in [5, 5.41) is 6.61. The van der Waals surface area contributed by atoms with Crippen LogP contribution in [-0.2, 0) is 22.1 Å². The van der Waals surface area contributed by atoms with Crippen molar-refractivity contribution in [3.63, 3.8) is 0 Å². The van der Waals surface area contributed by atoms with Crippen molar-refractivity contribution in [1.82, 2.24) is 10.3 Å². The second-order valence-corrected chi connectivity index (χ2v) is 10.4. The minimum Gasteiger partial charge on any atom is -0.444 e. The van der Waals surface area contributed by atoms with Gasteiger partial charge >= 0.3 is 12.3 Å². The summed E-state index contributed by atoms with van der Waals surface area (Å²) >= 11 is 0. The summed E-state index contributed by atoms with van der Waals surface area (Å²) in [6, 6.07) is 14.1. The lowest BCUT2D eigenvalue weighted by Gasteiger charge is -2.22. The number of rotatable bonds is 6. The Bertz CT molecular complexity index is 1300. The molecule has 38 heavy (non-hydrogen) atoms. The minimum atomic E-state index is -4.38. The summed E-state index contributed by atoms with van der Waals surface area (Å²) in [6.45, 7) is 6.86. The molecule has 2 heterocycles. The van der Waals surface area contributed by atoms with E-state index in [0.717, 1.165) is 41.8 Å². The smallest absolute Gasteiger partial charge is 0.416 e. The standard InChI is InChI=1S/C28H31F3N4O3/c1-27(2,3)38-26(37)33-22-14-15-35(17-22)24-12-7-19-16-21(10-11-23(19)34-24)32-25(36)13-6-18-4-8-20(9-5-18)28(29,30)31/h4-5,7-12,16,22H,6,13-15,17H2,1-3H3,(H,32,36)(H,33,37)/t22-/m0/s1. The predicted molar refractivity (Wildman–Crippen MR) is 140 cm³/mol. The van der Waals surface area contributed by atoms with Crippen molar-refractivity contribution in [1.29, 1.82) is 0 Å². The van der Waals surface area contributed by atoms with Crippen LogP contribution in [0.25, 0.3) is 10.9 Å². The third-order valence-electron chi connectivity index (χ3n) is 6.11. The van der Waals surface area contributed by atoms with E-state index in [9.17, 15) is 22.8 Å². The van der Waals surface area contributed by atoms with Gasteiger partial charge in [0.25, 0.3) is 0 Å². The molecular formula is C28H31F3N4O3. The molecule has 0 radical (unpaired) electrons. The van der Waals surface area contributed by atoms with E-state index < -0.39 is 23.4 Å². The second kappa shape index (κ2) is 10.9. The van der Waals surface area contributed by atoms with Crippen LogP contribution in [0.3, 0.4) is 0 Å². The molecular weight excluding hydrogens is 497 g/mol. The van der Waals surface area contributed by atoms with Crippen LogP contribution in [0.2, 0.25) is 0 Å². The number of aryl methyl sites for hydroxylation is 1. The number of carbonyl (C=O) groups is 2. The zero-order chi connectivity index (χ0) is 27.5. The molecule has 0 saturated carbocycles. The molecule has 0 aliphatic carbocycles. The van der Waals surface area contributed by atoms with E-state index >= 15 is 0 Å². The van der Waals surface area contributed by atoms with Crippen molar-refractivity contribution in [2.24, 2.45) is 0 Å². The van der Waals surface area contributed by atoms with Gasteiger partial charge in [0.15, 0.2) is 0 Å². The number of halogens is 3. The molecule has 4 rings (SSSR count). The van der Waals surface area contributed by atoms with Gasteiger partial charge in [0, 0.05) is 30.6 Å². The zero-order valence-electron chi connectivity index (χ0n) is 21.6. The first-order valence-corrected chi connectivity index (χ1v) is 12.5. The molecule has 3 aromatic rings. The SMILES string of the molecule is CC(C)(C)OC(=O)N[C@H]1CCN(c2ccc3cc(NC(=O)CCc4ccc(C(F)(F)F)cc4)ccc3n2)C1. The summed E-state index contributed by atoms with van der Waals surface area (Å²) in [6.07, 6.45) is -3.53. The molecule has 1 aliphatic heterocycles. The Morgan fingerprint density at radius 3 is 2.47 bits per heavy atom. The number of nitrogens with one attached hydrogen (secondary N) is 2. The number of alkyl carbamates (subject to hydrolysis) is 1. The highest BCUT2D eigenvalue weighted by atomic mass is 19.4. The molecule has 1 saturated heterocycles. The fourth-order valence-electron chi connectivity index (χ4n) is 4.27. The number of fused-ring (bicyclic) bond motifs is 1. The van der Waals surface area contributed by atoms with Crippen LogP contribution in [0.4, 0.5) is 29.5 Å². The lowest BCUT2D eigenvalue weighted by atomic mass is 10.1. The van der Waals surface area contributed by atoms with Gasteiger partial charge in [-0.05, 0) is 81.6 Å². The molecule has 0 spiro atoms. The monoisotopic (exact) mass is 528 g/mol. The van der Waals surface area contributed by atoms with E-state index in [1.54, 1.807) is 6.07 Å². The van der Waals surface area contributed by atoms with Gasteiger partial charge in [-0.25, -0.2) is 9.78 Å². The fourth-order valence-corrected chi connectivity index (χ4v) is 4.27. The van der Waals surface area contributed by atoms with Gasteiger partial charge in [-0.2, -0.15) is 13.2 Å². The molecule has 0 unspecified atom stereocenters. The van der Waals surface area contributed by atoms with Crippen molar-refractivity contribution in [3.05, 3.63) is 65.7 Å². The Morgan fingerprint density at radius 2 is 1.79 bits per heavy atom. The van der Waals surface area contributed by atoms with Gasteiger partial charge < -0.3 is 20.3 Å². The number of ether oxygens (including phenoxy) is 1. The summed E-state index contributed by atoms with van der Waals surface area (Å²) in [5.41, 5.74) is 0.794. The average Bonchev–Trinajstić information content (AvgIpc) is 3.29.